The molecule has 1 aromatic rings. The van der Waals surface area contributed by atoms with Crippen LogP contribution in [0.4, 0.5) is 0 Å². The molecule has 0 saturated carbocycles. The average molecular weight is 432 g/mol. The number of carboxylic acid groups (broad SMARTS) is 2. The Labute approximate surface area is 120 Å². The molecule has 0 aliphatic carbocycles. The van der Waals surface area contributed by atoms with Crippen molar-refractivity contribution >= 4 is 67.3 Å². The quantitative estimate of drug-likeness (QED) is 0.501. The van der Waals surface area contributed by atoms with Crippen molar-refractivity contribution in [3.63, 3.8) is 0 Å². The van der Waals surface area contributed by atoms with Crippen LogP contribution in [0.5, 0.6) is 0 Å². The van der Waals surface area contributed by atoms with Crippen LogP contribution in [0, 0.1) is 0 Å². The van der Waals surface area contributed by atoms with E-state index >= 15 is 0 Å². The van der Waals surface area contributed by atoms with Gasteiger partial charge in [0.25, 0.3) is 0 Å². The van der Waals surface area contributed by atoms with Crippen molar-refractivity contribution in [3.8, 4) is 0 Å². The van der Waals surface area contributed by atoms with E-state index in [2.05, 4.69) is 0 Å². The summed E-state index contributed by atoms with van der Waals surface area (Å²) in [5.74, 6) is -1.94. The zero-order valence-corrected chi connectivity index (χ0v) is 16.4. The summed E-state index contributed by atoms with van der Waals surface area (Å²) < 4.78 is 1.31. The Bertz CT molecular complexity index is 377. The molecule has 84 valence electrons. The van der Waals surface area contributed by atoms with Crippen LogP contribution in [0.15, 0.2) is 12.1 Å². The van der Waals surface area contributed by atoms with E-state index in [1.165, 1.54) is 12.1 Å². The zero-order valence-electron chi connectivity index (χ0n) is 8.28. The van der Waals surface area contributed by atoms with Gasteiger partial charge in [-0.2, -0.15) is 0 Å². The predicted octanol–water partition coefficient (Wildman–Crippen LogP) is -3.51. The van der Waals surface area contributed by atoms with E-state index in [-0.39, 0.29) is 22.1 Å². The van der Waals surface area contributed by atoms with Gasteiger partial charge in [-0.1, -0.05) is 0 Å². The molecule has 0 spiro atoms. The first-order chi connectivity index (χ1) is 6.43. The molecule has 6 N–H and O–H groups in total. The van der Waals surface area contributed by atoms with Gasteiger partial charge in [-0.25, -0.2) is 0 Å². The summed E-state index contributed by atoms with van der Waals surface area (Å²) in [6, 6.07) is 2.99. The maximum atomic E-state index is 10.8. The van der Waals surface area contributed by atoms with Crippen molar-refractivity contribution in [1.29, 1.82) is 0 Å². The van der Waals surface area contributed by atoms with Gasteiger partial charge >= 0.3 is 110 Å². The second kappa shape index (κ2) is 7.21. The molecule has 0 bridgehead atoms. The molecule has 1 aromatic carbocycles. The fourth-order valence-electron chi connectivity index (χ4n) is 1.09. The summed E-state index contributed by atoms with van der Waals surface area (Å²) in [6.45, 7) is 0. The van der Waals surface area contributed by atoms with Gasteiger partial charge < -0.3 is 11.0 Å². The van der Waals surface area contributed by atoms with Crippen LogP contribution < -0.4 is 6.64 Å². The van der Waals surface area contributed by atoms with E-state index in [1.807, 2.05) is 0 Å². The molecular weight excluding hydrogens is 422 g/mol. The summed E-state index contributed by atoms with van der Waals surface area (Å²) in [5.41, 5.74) is 0.528. The van der Waals surface area contributed by atoms with E-state index in [9.17, 15) is 9.59 Å². The number of carboxylic acids is 2. The van der Waals surface area contributed by atoms with Crippen LogP contribution >= 0.6 is 0 Å². The first kappa shape index (κ1) is 18.2. The summed E-state index contributed by atoms with van der Waals surface area (Å²) in [6.07, 6.45) is 0. The number of aromatic carboxylic acids is 2. The molecule has 0 saturated heterocycles. The van der Waals surface area contributed by atoms with Gasteiger partial charge in [0.2, 0.25) is 0 Å². The molecule has 16 heavy (non-hydrogen) atoms. The second-order valence-electron chi connectivity index (χ2n) is 2.78. The summed E-state index contributed by atoms with van der Waals surface area (Å²) in [4.78, 5) is 21.5. The van der Waals surface area contributed by atoms with Gasteiger partial charge in [0, 0.05) is 0 Å². The molecule has 0 unspecified atom stereocenters. The minimum absolute atomic E-state index is 0. The van der Waals surface area contributed by atoms with E-state index in [0.29, 0.717) is 55.4 Å². The van der Waals surface area contributed by atoms with Gasteiger partial charge in [-0.15, -0.1) is 0 Å². The number of hydrogen-bond donors (Lipinski definition) is 2. The monoisotopic (exact) mass is 432 g/mol. The first-order valence-electron chi connectivity index (χ1n) is 3.72. The number of benzene rings is 1. The molecule has 0 atom stereocenters. The van der Waals surface area contributed by atoms with Gasteiger partial charge in [0.15, 0.2) is 0 Å². The van der Waals surface area contributed by atoms with Crippen molar-refractivity contribution in [2.75, 3.05) is 0 Å². The molecule has 2 radical (unpaired) electrons. The van der Waals surface area contributed by atoms with Crippen molar-refractivity contribution in [1.82, 2.24) is 0 Å². The zero-order chi connectivity index (χ0) is 10.9. The fourth-order valence-corrected chi connectivity index (χ4v) is 3.70. The number of rotatable bonds is 2. The molecule has 0 amide bonds. The Kier molecular flexibility index (Phi) is 8.19. The molecule has 8 heteroatoms. The Morgan fingerprint density at radius 2 is 1.12 bits per heavy atom. The number of carbonyl (C=O) groups is 2. The third kappa shape index (κ3) is 4.00. The third-order valence-corrected chi connectivity index (χ3v) is 5.13. The molecule has 0 aliphatic rings. The fraction of sp³-hybridized carbons (Fsp3) is 0. The van der Waals surface area contributed by atoms with E-state index in [1.54, 1.807) is 0 Å². The molecular formula is C8H10In2O6. The molecule has 0 heterocycles. The minimum atomic E-state index is -0.970. The average Bonchev–Trinajstić information content (AvgIpc) is 2.07. The Balaban J connectivity index is 0. The summed E-state index contributed by atoms with van der Waals surface area (Å²) in [7, 11) is 0. The van der Waals surface area contributed by atoms with Crippen LogP contribution in [0.1, 0.15) is 20.7 Å². The van der Waals surface area contributed by atoms with Gasteiger partial charge in [-0.3, -0.25) is 0 Å². The van der Waals surface area contributed by atoms with Crippen LogP contribution in [0.3, 0.4) is 0 Å². The molecule has 1 rings (SSSR count). The van der Waals surface area contributed by atoms with Crippen molar-refractivity contribution in [3.05, 3.63) is 23.3 Å². The number of hydrogen-bond acceptors (Lipinski definition) is 2. The van der Waals surface area contributed by atoms with Gasteiger partial charge in [0.1, 0.15) is 0 Å². The van der Waals surface area contributed by atoms with Crippen molar-refractivity contribution in [2.45, 2.75) is 0 Å². The van der Waals surface area contributed by atoms with Crippen molar-refractivity contribution in [2.24, 2.45) is 0 Å². The Morgan fingerprint density at radius 1 is 0.875 bits per heavy atom. The van der Waals surface area contributed by atoms with Crippen LogP contribution in [-0.4, -0.2) is 81.9 Å². The summed E-state index contributed by atoms with van der Waals surface area (Å²) in [5, 5.41) is 17.6. The maximum absolute atomic E-state index is 10.8. The molecule has 0 aromatic heterocycles. The standard InChI is InChI=1S/C8H4O4.2In.2H2O.2H/c9-7(10)5-1-2-6(4-3-5)8(11)12;;;;;;/h1,4H,(H,9,10)(H,11,12);;;2*1H2;;. The first-order valence-corrected chi connectivity index (χ1v) is 7.75. The van der Waals surface area contributed by atoms with Crippen LogP contribution in [-0.2, 0) is 0 Å². The topological polar surface area (TPSA) is 138 Å². The Hall–Kier alpha value is -0.180. The molecule has 0 fully saturated rings. The van der Waals surface area contributed by atoms with Crippen LogP contribution in [0.2, 0.25) is 0 Å². The predicted molar refractivity (Wildman–Crippen MR) is 61.2 cm³/mol. The Morgan fingerprint density at radius 3 is 1.31 bits per heavy atom. The van der Waals surface area contributed by atoms with E-state index in [0.717, 1.165) is 0 Å². The van der Waals surface area contributed by atoms with Crippen LogP contribution in [0.25, 0.3) is 0 Å². The van der Waals surface area contributed by atoms with Gasteiger partial charge in [-0.05, 0) is 0 Å². The van der Waals surface area contributed by atoms with E-state index < -0.39 is 11.9 Å². The molecule has 6 nitrogen and oxygen atoms in total. The third-order valence-electron chi connectivity index (χ3n) is 1.79. The SMILES string of the molecule is O.O.O=C(O)c1c[c]([InH])c(C(=O)O)c[c]1[InH]. The molecule has 0 aliphatic heterocycles. The van der Waals surface area contributed by atoms with Crippen molar-refractivity contribution < 1.29 is 30.8 Å². The van der Waals surface area contributed by atoms with E-state index in [4.69, 9.17) is 10.2 Å². The second-order valence-corrected chi connectivity index (χ2v) is 7.13. The summed E-state index contributed by atoms with van der Waals surface area (Å²) >= 11 is 0.607. The normalized spacial score (nSPS) is 8.50. The van der Waals surface area contributed by atoms with Gasteiger partial charge in [0.05, 0.1) is 0 Å².